The van der Waals surface area contributed by atoms with Gasteiger partial charge < -0.3 is 18.9 Å². The van der Waals surface area contributed by atoms with Gasteiger partial charge in [-0.1, -0.05) is 19.6 Å². The number of fused-ring (bicyclic) bond motifs is 1. The number of ether oxygens (including phenoxy) is 4. The van der Waals surface area contributed by atoms with Gasteiger partial charge in [0.1, 0.15) is 5.75 Å². The molecule has 126 valence electrons. The summed E-state index contributed by atoms with van der Waals surface area (Å²) in [5.74, 6) is 2.14. The van der Waals surface area contributed by atoms with E-state index >= 15 is 0 Å². The molecular formula is C19H20O5. The number of rotatable bonds is 4. The minimum Gasteiger partial charge on any atom is -0.493 e. The zero-order valence-electron chi connectivity index (χ0n) is 13.1. The van der Waals surface area contributed by atoms with Crippen molar-refractivity contribution in [3.63, 3.8) is 0 Å². The Labute approximate surface area is 141 Å². The first-order chi connectivity index (χ1) is 11.2. The van der Waals surface area contributed by atoms with Gasteiger partial charge in [0.15, 0.2) is 17.3 Å². The molecule has 0 bridgehead atoms. The first-order valence-corrected chi connectivity index (χ1v) is 7.01. The van der Waals surface area contributed by atoms with E-state index in [4.69, 9.17) is 18.9 Å². The van der Waals surface area contributed by atoms with Crippen LogP contribution in [0.3, 0.4) is 0 Å². The molecular weight excluding hydrogens is 308 g/mol. The Morgan fingerprint density at radius 3 is 2.25 bits per heavy atom. The van der Waals surface area contributed by atoms with E-state index in [0.29, 0.717) is 34.1 Å². The molecule has 0 aromatic heterocycles. The largest absolute Gasteiger partial charge is 0.493 e. The Kier molecular flexibility index (Phi) is 5.14. The van der Waals surface area contributed by atoms with Gasteiger partial charge in [0.25, 0.3) is 0 Å². The van der Waals surface area contributed by atoms with Crippen LogP contribution in [0.15, 0.2) is 42.2 Å². The van der Waals surface area contributed by atoms with Crippen molar-refractivity contribution in [3.8, 4) is 23.0 Å². The molecule has 1 heterocycles. The highest BCUT2D eigenvalue weighted by Gasteiger charge is 2.27. The van der Waals surface area contributed by atoms with E-state index < -0.39 is 0 Å². The van der Waals surface area contributed by atoms with Crippen LogP contribution in [0.2, 0.25) is 0 Å². The van der Waals surface area contributed by atoms with Gasteiger partial charge in [-0.05, 0) is 30.3 Å². The van der Waals surface area contributed by atoms with Crippen LogP contribution in [-0.2, 0) is 0 Å². The number of carbonyl (C=O) groups excluding carboxylic acids is 1. The molecule has 5 heteroatoms. The van der Waals surface area contributed by atoms with Crippen LogP contribution in [0.25, 0.3) is 6.08 Å². The predicted molar refractivity (Wildman–Crippen MR) is 92.2 cm³/mol. The molecule has 0 fully saturated rings. The molecule has 0 amide bonds. The highest BCUT2D eigenvalue weighted by Crippen LogP contribution is 2.41. The minimum atomic E-state index is -0.155. The number of ketones is 1. The molecule has 0 unspecified atom stereocenters. The van der Waals surface area contributed by atoms with Crippen molar-refractivity contribution in [1.82, 2.24) is 0 Å². The zero-order valence-corrected chi connectivity index (χ0v) is 13.1. The Balaban J connectivity index is 0.00000208. The summed E-state index contributed by atoms with van der Waals surface area (Å²) in [7, 11) is 4.62. The maximum absolute atomic E-state index is 12.4. The van der Waals surface area contributed by atoms with Crippen LogP contribution in [0, 0.1) is 0 Å². The molecule has 5 nitrogen and oxygen atoms in total. The van der Waals surface area contributed by atoms with Gasteiger partial charge in [0.2, 0.25) is 11.5 Å². The first-order valence-electron chi connectivity index (χ1n) is 7.01. The molecule has 0 aliphatic carbocycles. The summed E-state index contributed by atoms with van der Waals surface area (Å²) in [5.41, 5.74) is 1.22. The summed E-state index contributed by atoms with van der Waals surface area (Å²) < 4.78 is 21.7. The van der Waals surface area contributed by atoms with Gasteiger partial charge in [-0.2, -0.15) is 0 Å². The number of hydrogen-bond acceptors (Lipinski definition) is 5. The Bertz CT molecular complexity index is 792. The number of para-hydroxylation sites is 1. The maximum Gasteiger partial charge on any atom is 0.231 e. The van der Waals surface area contributed by atoms with Crippen molar-refractivity contribution in [3.05, 3.63) is 53.3 Å². The van der Waals surface area contributed by atoms with E-state index in [1.165, 1.54) is 14.2 Å². The van der Waals surface area contributed by atoms with Gasteiger partial charge in [-0.25, -0.2) is 0 Å². The normalized spacial score (nSPS) is 13.8. The Morgan fingerprint density at radius 2 is 1.62 bits per heavy atom. The van der Waals surface area contributed by atoms with Crippen molar-refractivity contribution >= 4 is 11.9 Å². The summed E-state index contributed by atoms with van der Waals surface area (Å²) >= 11 is 0. The van der Waals surface area contributed by atoms with Crippen molar-refractivity contribution in [2.75, 3.05) is 21.3 Å². The van der Waals surface area contributed by atoms with Crippen LogP contribution in [0.1, 0.15) is 23.3 Å². The van der Waals surface area contributed by atoms with Crippen LogP contribution in [-0.4, -0.2) is 27.1 Å². The molecule has 0 spiro atoms. The third-order valence-corrected chi connectivity index (χ3v) is 3.60. The minimum absolute atomic E-state index is 0. The summed E-state index contributed by atoms with van der Waals surface area (Å²) in [5, 5.41) is 0. The van der Waals surface area contributed by atoms with Gasteiger partial charge in [-0.15, -0.1) is 0 Å². The van der Waals surface area contributed by atoms with Crippen LogP contribution < -0.4 is 18.9 Å². The molecule has 2 aromatic rings. The SMILES string of the molecule is C.COc1ccc(/C=C2\Oc3ccccc3C2=O)c(OC)c1OC. The van der Waals surface area contributed by atoms with Gasteiger partial charge >= 0.3 is 0 Å². The average Bonchev–Trinajstić information content (AvgIpc) is 2.90. The van der Waals surface area contributed by atoms with E-state index in [1.807, 2.05) is 6.07 Å². The quantitative estimate of drug-likeness (QED) is 0.795. The number of methoxy groups -OCH3 is 3. The molecule has 0 radical (unpaired) electrons. The molecule has 0 saturated heterocycles. The molecule has 1 aliphatic rings. The first kappa shape index (κ1) is 17.4. The fourth-order valence-corrected chi connectivity index (χ4v) is 2.52. The third-order valence-electron chi connectivity index (χ3n) is 3.60. The summed E-state index contributed by atoms with van der Waals surface area (Å²) in [4.78, 5) is 12.4. The monoisotopic (exact) mass is 328 g/mol. The standard InChI is InChI=1S/C18H16O5.CH4/c1-20-14-9-8-11(17(21-2)18(14)22-3)10-15-16(19)12-6-4-5-7-13(12)23-15;/h4-10H,1-3H3;1H4/b15-10-;. The zero-order chi connectivity index (χ0) is 16.4. The molecule has 1 aliphatic heterocycles. The van der Waals surface area contributed by atoms with E-state index in [1.54, 1.807) is 43.5 Å². The lowest BCUT2D eigenvalue weighted by Gasteiger charge is -2.14. The molecule has 24 heavy (non-hydrogen) atoms. The summed E-state index contributed by atoms with van der Waals surface area (Å²) in [6.45, 7) is 0. The lowest BCUT2D eigenvalue weighted by molar-refractivity contribution is 0.101. The Hall–Kier alpha value is -2.95. The van der Waals surface area contributed by atoms with Crippen molar-refractivity contribution in [1.29, 1.82) is 0 Å². The third kappa shape index (κ3) is 2.80. The van der Waals surface area contributed by atoms with E-state index in [9.17, 15) is 4.79 Å². The van der Waals surface area contributed by atoms with Gasteiger partial charge in [-0.3, -0.25) is 4.79 Å². The van der Waals surface area contributed by atoms with E-state index in [-0.39, 0.29) is 19.0 Å². The fraction of sp³-hybridized carbons (Fsp3) is 0.211. The summed E-state index contributed by atoms with van der Waals surface area (Å²) in [6, 6.07) is 10.7. The molecule has 0 N–H and O–H groups in total. The van der Waals surface area contributed by atoms with Gasteiger partial charge in [0, 0.05) is 5.56 Å². The lowest BCUT2D eigenvalue weighted by atomic mass is 10.1. The lowest BCUT2D eigenvalue weighted by Crippen LogP contribution is -2.00. The fourth-order valence-electron chi connectivity index (χ4n) is 2.52. The number of hydrogen-bond donors (Lipinski definition) is 0. The van der Waals surface area contributed by atoms with Crippen LogP contribution in [0.4, 0.5) is 0 Å². The van der Waals surface area contributed by atoms with Gasteiger partial charge in [0.05, 0.1) is 26.9 Å². The highest BCUT2D eigenvalue weighted by molar-refractivity contribution is 6.14. The Morgan fingerprint density at radius 1 is 0.917 bits per heavy atom. The van der Waals surface area contributed by atoms with Crippen LogP contribution in [0.5, 0.6) is 23.0 Å². The number of benzene rings is 2. The molecule has 2 aromatic carbocycles. The number of allylic oxidation sites excluding steroid dienone is 1. The molecule has 0 saturated carbocycles. The second-order valence-corrected chi connectivity index (χ2v) is 4.86. The van der Waals surface area contributed by atoms with Crippen molar-refractivity contribution in [2.45, 2.75) is 7.43 Å². The highest BCUT2D eigenvalue weighted by atomic mass is 16.5. The second-order valence-electron chi connectivity index (χ2n) is 4.86. The molecule has 3 rings (SSSR count). The van der Waals surface area contributed by atoms with E-state index in [0.717, 1.165) is 0 Å². The van der Waals surface area contributed by atoms with Crippen molar-refractivity contribution < 1.29 is 23.7 Å². The maximum atomic E-state index is 12.4. The molecule has 0 atom stereocenters. The summed E-state index contributed by atoms with van der Waals surface area (Å²) in [6.07, 6.45) is 1.64. The topological polar surface area (TPSA) is 54.0 Å². The smallest absolute Gasteiger partial charge is 0.231 e. The number of Topliss-reactive ketones (excluding diaryl/α,β-unsaturated/α-hetero) is 1. The number of carbonyl (C=O) groups is 1. The van der Waals surface area contributed by atoms with Crippen molar-refractivity contribution in [2.24, 2.45) is 0 Å². The van der Waals surface area contributed by atoms with E-state index in [2.05, 4.69) is 0 Å². The average molecular weight is 328 g/mol. The predicted octanol–water partition coefficient (Wildman–Crippen LogP) is 3.96. The second kappa shape index (κ2) is 7.08. The van der Waals surface area contributed by atoms with Crippen LogP contribution >= 0.6 is 0 Å².